The molecule has 0 aliphatic carbocycles. The number of nitrogens with one attached hydrogen (secondary N) is 1. The van der Waals surface area contributed by atoms with Crippen LogP contribution >= 0.6 is 11.8 Å². The fourth-order valence-electron chi connectivity index (χ4n) is 1.60. The van der Waals surface area contributed by atoms with Crippen LogP contribution in [0.15, 0.2) is 28.8 Å². The molecule has 0 saturated carbocycles. The van der Waals surface area contributed by atoms with Gasteiger partial charge in [-0.25, -0.2) is 0 Å². The first-order valence-electron chi connectivity index (χ1n) is 6.91. The lowest BCUT2D eigenvalue weighted by Crippen LogP contribution is -2.00. The topological polar surface area (TPSA) is 51.0 Å². The Hall–Kier alpha value is -1.49. The molecule has 1 heterocycles. The van der Waals surface area contributed by atoms with Crippen molar-refractivity contribution in [3.8, 4) is 0 Å². The Balaban J connectivity index is 1.82. The lowest BCUT2D eigenvalue weighted by atomic mass is 10.2. The number of thioether (sulfide) groups is 1. The highest BCUT2D eigenvalue weighted by Crippen LogP contribution is 2.18. The van der Waals surface area contributed by atoms with Crippen LogP contribution in [0.2, 0.25) is 0 Å². The molecule has 4 nitrogen and oxygen atoms in total. The minimum absolute atomic E-state index is 0.560. The van der Waals surface area contributed by atoms with E-state index in [1.807, 2.05) is 23.9 Å². The smallest absolute Gasteiger partial charge is 0.245 e. The molecule has 20 heavy (non-hydrogen) atoms. The maximum absolute atomic E-state index is 5.24. The third-order valence-electron chi connectivity index (χ3n) is 3.08. The summed E-state index contributed by atoms with van der Waals surface area (Å²) in [4.78, 5) is 4.39. The molecule has 0 saturated heterocycles. The molecule has 0 fully saturated rings. The van der Waals surface area contributed by atoms with Gasteiger partial charge in [0.05, 0.1) is 12.3 Å². The van der Waals surface area contributed by atoms with E-state index >= 15 is 0 Å². The van der Waals surface area contributed by atoms with Crippen molar-refractivity contribution in [3.63, 3.8) is 0 Å². The molecule has 1 unspecified atom stereocenters. The number of aryl methyl sites for hydroxylation is 1. The monoisotopic (exact) mass is 291 g/mol. The summed E-state index contributed by atoms with van der Waals surface area (Å²) in [5.41, 5.74) is 2.31. The van der Waals surface area contributed by atoms with Crippen LogP contribution in [0, 0.1) is 6.92 Å². The number of benzene rings is 1. The molecular weight excluding hydrogens is 270 g/mol. The highest BCUT2D eigenvalue weighted by molar-refractivity contribution is 7.99. The minimum atomic E-state index is 0.560. The van der Waals surface area contributed by atoms with Gasteiger partial charge < -0.3 is 9.84 Å². The van der Waals surface area contributed by atoms with Crippen molar-refractivity contribution in [1.29, 1.82) is 0 Å². The minimum Gasteiger partial charge on any atom is -0.376 e. The van der Waals surface area contributed by atoms with Crippen LogP contribution in [0.4, 0.5) is 5.69 Å². The molecule has 1 N–H and O–H groups in total. The van der Waals surface area contributed by atoms with Crippen LogP contribution in [0.3, 0.4) is 0 Å². The fraction of sp³-hybridized carbons (Fsp3) is 0.467. The molecule has 0 aliphatic rings. The van der Waals surface area contributed by atoms with E-state index in [0.29, 0.717) is 17.7 Å². The molecule has 2 aromatic rings. The second-order valence-corrected chi connectivity index (χ2v) is 6.28. The van der Waals surface area contributed by atoms with Gasteiger partial charge in [0.25, 0.3) is 0 Å². The van der Waals surface area contributed by atoms with Gasteiger partial charge in [-0.3, -0.25) is 0 Å². The molecule has 1 aromatic carbocycles. The number of aromatic nitrogens is 2. The van der Waals surface area contributed by atoms with Gasteiger partial charge in [-0.2, -0.15) is 16.7 Å². The highest BCUT2D eigenvalue weighted by atomic mass is 32.2. The number of rotatable bonds is 7. The third kappa shape index (κ3) is 4.56. The van der Waals surface area contributed by atoms with Gasteiger partial charge in [-0.1, -0.05) is 36.7 Å². The lowest BCUT2D eigenvalue weighted by Gasteiger charge is -2.04. The van der Waals surface area contributed by atoms with Crippen LogP contribution in [0.5, 0.6) is 0 Å². The zero-order valence-electron chi connectivity index (χ0n) is 12.2. The first-order valence-corrected chi connectivity index (χ1v) is 7.96. The number of hydrogen-bond acceptors (Lipinski definition) is 5. The Labute approximate surface area is 124 Å². The van der Waals surface area contributed by atoms with Crippen molar-refractivity contribution in [3.05, 3.63) is 41.5 Å². The molecule has 5 heteroatoms. The Morgan fingerprint density at radius 3 is 2.75 bits per heavy atom. The second-order valence-electron chi connectivity index (χ2n) is 4.85. The zero-order chi connectivity index (χ0) is 14.4. The van der Waals surface area contributed by atoms with Crippen molar-refractivity contribution in [2.24, 2.45) is 0 Å². The van der Waals surface area contributed by atoms with Crippen LogP contribution in [0.1, 0.15) is 37.5 Å². The Bertz CT molecular complexity index is 524. The maximum Gasteiger partial charge on any atom is 0.245 e. The Morgan fingerprint density at radius 2 is 2.05 bits per heavy atom. The first-order chi connectivity index (χ1) is 9.67. The van der Waals surface area contributed by atoms with Crippen LogP contribution in [-0.2, 0) is 12.3 Å². The maximum atomic E-state index is 5.24. The van der Waals surface area contributed by atoms with Crippen molar-refractivity contribution < 1.29 is 4.52 Å². The number of nitrogens with zero attached hydrogens (tertiary/aromatic N) is 2. The van der Waals surface area contributed by atoms with Gasteiger partial charge in [0.15, 0.2) is 5.82 Å². The molecule has 0 radical (unpaired) electrons. The van der Waals surface area contributed by atoms with E-state index in [0.717, 1.165) is 23.7 Å². The average molecular weight is 291 g/mol. The number of hydrogen-bond donors (Lipinski definition) is 1. The van der Waals surface area contributed by atoms with E-state index in [4.69, 9.17) is 4.52 Å². The van der Waals surface area contributed by atoms with Gasteiger partial charge in [0, 0.05) is 10.9 Å². The summed E-state index contributed by atoms with van der Waals surface area (Å²) in [5.74, 6) is 2.21. The Morgan fingerprint density at radius 1 is 1.30 bits per heavy atom. The third-order valence-corrected chi connectivity index (χ3v) is 4.40. The Kier molecular flexibility index (Phi) is 5.47. The molecule has 2 rings (SSSR count). The summed E-state index contributed by atoms with van der Waals surface area (Å²) in [6.07, 6.45) is 1.16. The normalized spacial score (nSPS) is 12.3. The second kappa shape index (κ2) is 7.33. The molecule has 1 atom stereocenters. The largest absolute Gasteiger partial charge is 0.376 e. The van der Waals surface area contributed by atoms with Crippen molar-refractivity contribution in [2.75, 3.05) is 5.32 Å². The predicted molar refractivity (Wildman–Crippen MR) is 83.9 cm³/mol. The summed E-state index contributed by atoms with van der Waals surface area (Å²) in [6.45, 7) is 7.03. The van der Waals surface area contributed by atoms with E-state index in [9.17, 15) is 0 Å². The standard InChI is InChI=1S/C15H21N3OS/c1-4-12(3)20-10-14-17-15(19-18-14)9-16-13-7-5-11(2)6-8-13/h5-8,12,16H,4,9-10H2,1-3H3. The van der Waals surface area contributed by atoms with E-state index < -0.39 is 0 Å². The summed E-state index contributed by atoms with van der Waals surface area (Å²) in [6, 6.07) is 8.24. The van der Waals surface area contributed by atoms with Crippen LogP contribution < -0.4 is 5.32 Å². The fourth-order valence-corrected chi connectivity index (χ4v) is 2.39. The summed E-state index contributed by atoms with van der Waals surface area (Å²) >= 11 is 1.85. The van der Waals surface area contributed by atoms with Crippen LogP contribution in [-0.4, -0.2) is 15.4 Å². The molecule has 0 aliphatic heterocycles. The quantitative estimate of drug-likeness (QED) is 0.835. The summed E-state index contributed by atoms with van der Waals surface area (Å²) in [7, 11) is 0. The summed E-state index contributed by atoms with van der Waals surface area (Å²) < 4.78 is 5.24. The molecule has 0 amide bonds. The van der Waals surface area contributed by atoms with Crippen molar-refractivity contribution >= 4 is 17.4 Å². The predicted octanol–water partition coefficient (Wildman–Crippen LogP) is 4.02. The van der Waals surface area contributed by atoms with E-state index in [-0.39, 0.29) is 0 Å². The van der Waals surface area contributed by atoms with Crippen molar-refractivity contribution in [1.82, 2.24) is 10.1 Å². The molecule has 0 bridgehead atoms. The molecule has 1 aromatic heterocycles. The molecular formula is C15H21N3OS. The van der Waals surface area contributed by atoms with Gasteiger partial charge in [-0.15, -0.1) is 0 Å². The van der Waals surface area contributed by atoms with Crippen molar-refractivity contribution in [2.45, 2.75) is 44.7 Å². The lowest BCUT2D eigenvalue weighted by molar-refractivity contribution is 0.379. The van der Waals surface area contributed by atoms with E-state index in [1.54, 1.807) is 0 Å². The van der Waals surface area contributed by atoms with E-state index in [1.165, 1.54) is 5.56 Å². The van der Waals surface area contributed by atoms with Gasteiger partial charge in [0.1, 0.15) is 0 Å². The molecule has 0 spiro atoms. The zero-order valence-corrected chi connectivity index (χ0v) is 13.0. The van der Waals surface area contributed by atoms with Gasteiger partial charge in [-0.05, 0) is 25.5 Å². The highest BCUT2D eigenvalue weighted by Gasteiger charge is 2.08. The number of anilines is 1. The average Bonchev–Trinajstić information content (AvgIpc) is 2.92. The summed E-state index contributed by atoms with van der Waals surface area (Å²) in [5, 5.41) is 7.90. The first kappa shape index (κ1) is 14.9. The van der Waals surface area contributed by atoms with E-state index in [2.05, 4.69) is 48.4 Å². The van der Waals surface area contributed by atoms with Crippen LogP contribution in [0.25, 0.3) is 0 Å². The van der Waals surface area contributed by atoms with Gasteiger partial charge >= 0.3 is 0 Å². The molecule has 108 valence electrons. The SMILES string of the molecule is CCC(C)SCc1noc(CNc2ccc(C)cc2)n1. The van der Waals surface area contributed by atoms with Gasteiger partial charge in [0.2, 0.25) is 5.89 Å².